The van der Waals surface area contributed by atoms with Crippen molar-refractivity contribution in [1.29, 1.82) is 0 Å². The summed E-state index contributed by atoms with van der Waals surface area (Å²) < 4.78 is 5.56. The Labute approximate surface area is 167 Å². The van der Waals surface area contributed by atoms with Gasteiger partial charge in [0.2, 0.25) is 0 Å². The van der Waals surface area contributed by atoms with E-state index in [1.807, 2.05) is 25.7 Å². The van der Waals surface area contributed by atoms with Crippen molar-refractivity contribution >= 4 is 6.09 Å². The maximum absolute atomic E-state index is 12.4. The topological polar surface area (TPSA) is 36.0 Å². The summed E-state index contributed by atoms with van der Waals surface area (Å²) in [6.45, 7) is 18.5. The molecule has 27 heavy (non-hydrogen) atoms. The van der Waals surface area contributed by atoms with E-state index in [1.165, 1.54) is 32.1 Å². The van der Waals surface area contributed by atoms with Crippen LogP contribution < -0.4 is 0 Å². The van der Waals surface area contributed by atoms with Crippen molar-refractivity contribution in [2.45, 2.75) is 91.3 Å². The molecule has 1 atom stereocenters. The molecule has 0 aromatic rings. The van der Waals surface area contributed by atoms with Gasteiger partial charge < -0.3 is 9.64 Å². The third-order valence-corrected chi connectivity index (χ3v) is 6.19. The Morgan fingerprint density at radius 2 is 1.67 bits per heavy atom. The van der Waals surface area contributed by atoms with Gasteiger partial charge in [0.25, 0.3) is 0 Å². The number of amides is 1. The van der Waals surface area contributed by atoms with Crippen molar-refractivity contribution in [3.8, 4) is 0 Å². The van der Waals surface area contributed by atoms with Crippen molar-refractivity contribution in [3.05, 3.63) is 0 Å². The van der Waals surface area contributed by atoms with Crippen LogP contribution >= 0.6 is 0 Å². The molecule has 1 heterocycles. The first-order chi connectivity index (χ1) is 12.7. The highest BCUT2D eigenvalue weighted by Crippen LogP contribution is 2.30. The van der Waals surface area contributed by atoms with Crippen LogP contribution in [0.3, 0.4) is 0 Å². The second-order valence-corrected chi connectivity index (χ2v) is 9.65. The van der Waals surface area contributed by atoms with E-state index in [4.69, 9.17) is 4.74 Å². The molecular formula is C22H43N3O2. The molecule has 1 saturated carbocycles. The molecule has 0 radical (unpaired) electrons. The van der Waals surface area contributed by atoms with Crippen LogP contribution in [-0.2, 0) is 4.74 Å². The quantitative estimate of drug-likeness (QED) is 0.690. The molecule has 0 spiro atoms. The fourth-order valence-corrected chi connectivity index (χ4v) is 4.59. The molecule has 1 saturated heterocycles. The van der Waals surface area contributed by atoms with Crippen LogP contribution in [0.15, 0.2) is 0 Å². The van der Waals surface area contributed by atoms with Crippen molar-refractivity contribution in [2.75, 3.05) is 39.3 Å². The zero-order valence-electron chi connectivity index (χ0n) is 18.7. The third kappa shape index (κ3) is 6.94. The largest absolute Gasteiger partial charge is 0.444 e. The molecule has 5 heteroatoms. The molecule has 2 aliphatic rings. The molecule has 1 amide bonds. The number of nitrogens with zero attached hydrogens (tertiary/aromatic N) is 3. The van der Waals surface area contributed by atoms with E-state index in [-0.39, 0.29) is 6.09 Å². The minimum absolute atomic E-state index is 0.159. The van der Waals surface area contributed by atoms with Crippen LogP contribution in [0.1, 0.15) is 73.6 Å². The van der Waals surface area contributed by atoms with E-state index in [1.54, 1.807) is 0 Å². The van der Waals surface area contributed by atoms with Crippen LogP contribution in [0.5, 0.6) is 0 Å². The predicted molar refractivity (Wildman–Crippen MR) is 112 cm³/mol. The lowest BCUT2D eigenvalue weighted by molar-refractivity contribution is -0.000817. The maximum atomic E-state index is 12.4. The van der Waals surface area contributed by atoms with Gasteiger partial charge in [0.1, 0.15) is 5.60 Å². The summed E-state index contributed by atoms with van der Waals surface area (Å²) in [7, 11) is 0. The zero-order valence-corrected chi connectivity index (χ0v) is 18.7. The van der Waals surface area contributed by atoms with Crippen LogP contribution in [0.25, 0.3) is 0 Å². The minimum Gasteiger partial charge on any atom is -0.444 e. The van der Waals surface area contributed by atoms with Gasteiger partial charge >= 0.3 is 6.09 Å². The molecule has 2 fully saturated rings. The van der Waals surface area contributed by atoms with Gasteiger partial charge in [-0.15, -0.1) is 0 Å². The number of hydrogen-bond acceptors (Lipinski definition) is 4. The molecule has 1 unspecified atom stereocenters. The molecule has 1 aliphatic heterocycles. The molecule has 0 aromatic heterocycles. The normalized spacial score (nSPS) is 21.7. The van der Waals surface area contributed by atoms with Gasteiger partial charge in [-0.25, -0.2) is 4.79 Å². The number of rotatable bonds is 6. The monoisotopic (exact) mass is 381 g/mol. The Morgan fingerprint density at radius 3 is 2.15 bits per heavy atom. The Kier molecular flexibility index (Phi) is 8.41. The smallest absolute Gasteiger partial charge is 0.410 e. The highest BCUT2D eigenvalue weighted by molar-refractivity contribution is 5.68. The Bertz CT molecular complexity index is 447. The van der Waals surface area contributed by atoms with Crippen molar-refractivity contribution in [3.63, 3.8) is 0 Å². The Morgan fingerprint density at radius 1 is 1.07 bits per heavy atom. The molecule has 0 aromatic carbocycles. The van der Waals surface area contributed by atoms with Crippen LogP contribution in [-0.4, -0.2) is 77.7 Å². The minimum atomic E-state index is -0.419. The summed E-state index contributed by atoms with van der Waals surface area (Å²) in [5.74, 6) is 0.805. The lowest BCUT2D eigenvalue weighted by atomic mass is 9.82. The van der Waals surface area contributed by atoms with Crippen LogP contribution in [0.4, 0.5) is 4.79 Å². The van der Waals surface area contributed by atoms with Gasteiger partial charge in [-0.05, 0) is 59.9 Å². The number of carbonyl (C=O) groups excluding carboxylic acids is 1. The molecule has 0 N–H and O–H groups in total. The number of piperazine rings is 1. The number of hydrogen-bond donors (Lipinski definition) is 0. The Hall–Kier alpha value is -0.810. The average Bonchev–Trinajstić information content (AvgIpc) is 2.62. The van der Waals surface area contributed by atoms with Gasteiger partial charge in [0.05, 0.1) is 0 Å². The van der Waals surface area contributed by atoms with Crippen LogP contribution in [0, 0.1) is 5.92 Å². The highest BCUT2D eigenvalue weighted by Gasteiger charge is 2.34. The van der Waals surface area contributed by atoms with E-state index < -0.39 is 5.60 Å². The zero-order chi connectivity index (χ0) is 20.0. The third-order valence-electron chi connectivity index (χ3n) is 6.19. The average molecular weight is 382 g/mol. The van der Waals surface area contributed by atoms with Crippen molar-refractivity contribution in [1.82, 2.24) is 14.7 Å². The van der Waals surface area contributed by atoms with E-state index in [0.29, 0.717) is 12.1 Å². The van der Waals surface area contributed by atoms with Gasteiger partial charge in [-0.3, -0.25) is 9.80 Å². The van der Waals surface area contributed by atoms with E-state index in [9.17, 15) is 4.79 Å². The summed E-state index contributed by atoms with van der Waals surface area (Å²) >= 11 is 0. The fraction of sp³-hybridized carbons (Fsp3) is 0.955. The predicted octanol–water partition coefficient (Wildman–Crippen LogP) is 4.22. The number of carbonyl (C=O) groups is 1. The summed E-state index contributed by atoms with van der Waals surface area (Å²) in [6, 6.07) is 1.21. The van der Waals surface area contributed by atoms with Gasteiger partial charge in [0.15, 0.2) is 0 Å². The molecular weight excluding hydrogens is 338 g/mol. The maximum Gasteiger partial charge on any atom is 0.410 e. The standard InChI is InChI=1S/C22H43N3O2/c1-7-23(18(2)3)17-20(19-11-9-8-10-12-19)24-13-15-25(16-14-24)21(26)27-22(4,5)6/h18-20H,7-17H2,1-6H3. The fourth-order valence-electron chi connectivity index (χ4n) is 4.59. The lowest BCUT2D eigenvalue weighted by Gasteiger charge is -2.45. The molecule has 158 valence electrons. The summed E-state index contributed by atoms with van der Waals surface area (Å²) in [6.07, 6.45) is 6.74. The first-order valence-corrected chi connectivity index (χ1v) is 11.2. The van der Waals surface area contributed by atoms with Gasteiger partial charge in [0, 0.05) is 44.8 Å². The Balaban J connectivity index is 1.98. The first kappa shape index (κ1) is 22.5. The summed E-state index contributed by atoms with van der Waals surface area (Å²) in [4.78, 5) is 19.6. The second-order valence-electron chi connectivity index (χ2n) is 9.65. The molecule has 1 aliphatic carbocycles. The SMILES string of the molecule is CCN(CC(C1CCCCC1)N1CCN(C(=O)OC(C)(C)C)CC1)C(C)C. The van der Waals surface area contributed by atoms with E-state index in [0.717, 1.165) is 45.2 Å². The molecule has 2 rings (SSSR count). The lowest BCUT2D eigenvalue weighted by Crippen LogP contribution is -2.57. The first-order valence-electron chi connectivity index (χ1n) is 11.2. The van der Waals surface area contributed by atoms with Crippen LogP contribution in [0.2, 0.25) is 0 Å². The van der Waals surface area contributed by atoms with E-state index in [2.05, 4.69) is 30.6 Å². The second kappa shape index (κ2) is 10.1. The van der Waals surface area contributed by atoms with Crippen molar-refractivity contribution in [2.24, 2.45) is 5.92 Å². The summed E-state index contributed by atoms with van der Waals surface area (Å²) in [5, 5.41) is 0. The number of ether oxygens (including phenoxy) is 1. The summed E-state index contributed by atoms with van der Waals surface area (Å²) in [5.41, 5.74) is -0.419. The highest BCUT2D eigenvalue weighted by atomic mass is 16.6. The van der Waals surface area contributed by atoms with E-state index >= 15 is 0 Å². The van der Waals surface area contributed by atoms with Crippen molar-refractivity contribution < 1.29 is 9.53 Å². The molecule has 5 nitrogen and oxygen atoms in total. The number of likely N-dealkylation sites (N-methyl/N-ethyl adjacent to an activating group) is 1. The molecule has 0 bridgehead atoms. The van der Waals surface area contributed by atoms with Gasteiger partial charge in [-0.1, -0.05) is 26.2 Å². The van der Waals surface area contributed by atoms with Gasteiger partial charge in [-0.2, -0.15) is 0 Å².